The fourth-order valence-corrected chi connectivity index (χ4v) is 2.44. The second kappa shape index (κ2) is 5.52. The zero-order chi connectivity index (χ0) is 12.3. The number of hydrogen-bond donors (Lipinski definition) is 0. The number of rotatable bonds is 3. The van der Waals surface area contributed by atoms with Gasteiger partial charge in [0.25, 0.3) is 0 Å². The van der Waals surface area contributed by atoms with Crippen molar-refractivity contribution in [3.05, 3.63) is 29.8 Å². The molecule has 0 N–H and O–H groups in total. The number of morpholine rings is 1. The summed E-state index contributed by atoms with van der Waals surface area (Å²) in [7, 11) is 1.72. The highest BCUT2D eigenvalue weighted by atomic mass is 16.5. The largest absolute Gasteiger partial charge is 0.496 e. The van der Waals surface area contributed by atoms with Gasteiger partial charge in [0.05, 0.1) is 26.4 Å². The van der Waals surface area contributed by atoms with E-state index in [2.05, 4.69) is 30.9 Å². The predicted octanol–water partition coefficient (Wildman–Crippen LogP) is 2.48. The van der Waals surface area contributed by atoms with Crippen molar-refractivity contribution in [1.82, 2.24) is 4.90 Å². The first-order valence-electron chi connectivity index (χ1n) is 6.20. The summed E-state index contributed by atoms with van der Waals surface area (Å²) in [6, 6.07) is 9.04. The van der Waals surface area contributed by atoms with E-state index in [-0.39, 0.29) is 0 Å². The Morgan fingerprint density at radius 3 is 2.82 bits per heavy atom. The molecule has 0 aromatic heterocycles. The SMILES string of the molecule is COc1ccccc1C1COCCN1C(C)C. The third-order valence-electron chi connectivity index (χ3n) is 3.33. The number of para-hydroxylation sites is 1. The van der Waals surface area contributed by atoms with Crippen molar-refractivity contribution in [3.63, 3.8) is 0 Å². The Balaban J connectivity index is 2.29. The minimum absolute atomic E-state index is 0.305. The van der Waals surface area contributed by atoms with Crippen molar-refractivity contribution in [2.75, 3.05) is 26.9 Å². The molecule has 0 spiro atoms. The van der Waals surface area contributed by atoms with Gasteiger partial charge in [0.1, 0.15) is 5.75 Å². The quantitative estimate of drug-likeness (QED) is 0.803. The van der Waals surface area contributed by atoms with Crippen LogP contribution >= 0.6 is 0 Å². The molecule has 0 bridgehead atoms. The molecular formula is C14H21NO2. The third kappa shape index (κ3) is 2.61. The van der Waals surface area contributed by atoms with Crippen LogP contribution in [0, 0.1) is 0 Å². The fraction of sp³-hybridized carbons (Fsp3) is 0.571. The van der Waals surface area contributed by atoms with Crippen LogP contribution in [0.1, 0.15) is 25.5 Å². The van der Waals surface area contributed by atoms with Crippen molar-refractivity contribution in [3.8, 4) is 5.75 Å². The summed E-state index contributed by atoms with van der Waals surface area (Å²) in [5.41, 5.74) is 1.23. The van der Waals surface area contributed by atoms with Crippen molar-refractivity contribution in [2.45, 2.75) is 25.9 Å². The van der Waals surface area contributed by atoms with Gasteiger partial charge in [-0.25, -0.2) is 0 Å². The van der Waals surface area contributed by atoms with Gasteiger partial charge in [0, 0.05) is 18.2 Å². The lowest BCUT2D eigenvalue weighted by molar-refractivity contribution is -0.0240. The Kier molecular flexibility index (Phi) is 4.02. The Morgan fingerprint density at radius 1 is 1.35 bits per heavy atom. The van der Waals surface area contributed by atoms with Gasteiger partial charge in [-0.1, -0.05) is 18.2 Å². The minimum Gasteiger partial charge on any atom is -0.496 e. The summed E-state index contributed by atoms with van der Waals surface area (Å²) in [6.45, 7) is 7.02. The van der Waals surface area contributed by atoms with E-state index < -0.39 is 0 Å². The van der Waals surface area contributed by atoms with E-state index in [4.69, 9.17) is 9.47 Å². The molecule has 0 amide bonds. The topological polar surface area (TPSA) is 21.7 Å². The number of methoxy groups -OCH3 is 1. The average Bonchev–Trinajstić information content (AvgIpc) is 2.38. The van der Waals surface area contributed by atoms with Crippen molar-refractivity contribution < 1.29 is 9.47 Å². The zero-order valence-electron chi connectivity index (χ0n) is 10.8. The zero-order valence-corrected chi connectivity index (χ0v) is 10.8. The van der Waals surface area contributed by atoms with E-state index in [1.807, 2.05) is 12.1 Å². The van der Waals surface area contributed by atoms with Crippen LogP contribution < -0.4 is 4.74 Å². The first kappa shape index (κ1) is 12.4. The standard InChI is InChI=1S/C14H21NO2/c1-11(2)15-8-9-17-10-13(15)12-6-4-5-7-14(12)16-3/h4-7,11,13H,8-10H2,1-3H3. The predicted molar refractivity (Wildman–Crippen MR) is 68.4 cm³/mol. The maximum absolute atomic E-state index is 5.62. The molecule has 1 atom stereocenters. The smallest absolute Gasteiger partial charge is 0.123 e. The molecule has 3 heteroatoms. The second-order valence-electron chi connectivity index (χ2n) is 4.66. The Labute approximate surface area is 103 Å². The monoisotopic (exact) mass is 235 g/mol. The summed E-state index contributed by atoms with van der Waals surface area (Å²) in [4.78, 5) is 2.47. The van der Waals surface area contributed by atoms with Crippen molar-refractivity contribution in [2.24, 2.45) is 0 Å². The summed E-state index contributed by atoms with van der Waals surface area (Å²) >= 11 is 0. The Morgan fingerprint density at radius 2 is 2.12 bits per heavy atom. The number of nitrogens with zero attached hydrogens (tertiary/aromatic N) is 1. The first-order chi connectivity index (χ1) is 8.24. The molecular weight excluding hydrogens is 214 g/mol. The number of benzene rings is 1. The molecule has 1 aromatic carbocycles. The minimum atomic E-state index is 0.305. The molecule has 1 aliphatic heterocycles. The van der Waals surface area contributed by atoms with Crippen LogP contribution in [0.15, 0.2) is 24.3 Å². The molecule has 17 heavy (non-hydrogen) atoms. The molecule has 94 valence electrons. The molecule has 1 unspecified atom stereocenters. The van der Waals surface area contributed by atoms with Gasteiger partial charge in [-0.2, -0.15) is 0 Å². The van der Waals surface area contributed by atoms with E-state index in [1.165, 1.54) is 5.56 Å². The lowest BCUT2D eigenvalue weighted by Gasteiger charge is -2.39. The highest BCUT2D eigenvalue weighted by molar-refractivity contribution is 5.36. The normalized spacial score (nSPS) is 21.8. The van der Waals surface area contributed by atoms with E-state index >= 15 is 0 Å². The molecule has 0 saturated carbocycles. The molecule has 1 aliphatic rings. The van der Waals surface area contributed by atoms with Gasteiger partial charge in [-0.05, 0) is 19.9 Å². The van der Waals surface area contributed by atoms with Crippen molar-refractivity contribution >= 4 is 0 Å². The van der Waals surface area contributed by atoms with Gasteiger partial charge < -0.3 is 9.47 Å². The molecule has 2 rings (SSSR count). The van der Waals surface area contributed by atoms with Crippen LogP contribution in [0.3, 0.4) is 0 Å². The number of ether oxygens (including phenoxy) is 2. The van der Waals surface area contributed by atoms with E-state index in [0.29, 0.717) is 12.1 Å². The van der Waals surface area contributed by atoms with E-state index in [9.17, 15) is 0 Å². The molecule has 0 radical (unpaired) electrons. The average molecular weight is 235 g/mol. The Bertz CT molecular complexity index is 365. The Hall–Kier alpha value is -1.06. The highest BCUT2D eigenvalue weighted by Crippen LogP contribution is 2.32. The van der Waals surface area contributed by atoms with Crippen molar-refractivity contribution in [1.29, 1.82) is 0 Å². The molecule has 1 heterocycles. The maximum Gasteiger partial charge on any atom is 0.123 e. The second-order valence-corrected chi connectivity index (χ2v) is 4.66. The number of hydrogen-bond acceptors (Lipinski definition) is 3. The van der Waals surface area contributed by atoms with Crippen LogP contribution in [-0.4, -0.2) is 37.8 Å². The summed E-state index contributed by atoms with van der Waals surface area (Å²) in [5, 5.41) is 0. The summed E-state index contributed by atoms with van der Waals surface area (Å²) < 4.78 is 11.1. The molecule has 3 nitrogen and oxygen atoms in total. The van der Waals surface area contributed by atoms with Gasteiger partial charge in [-0.15, -0.1) is 0 Å². The van der Waals surface area contributed by atoms with Gasteiger partial charge in [0.15, 0.2) is 0 Å². The lowest BCUT2D eigenvalue weighted by atomic mass is 10.0. The molecule has 1 saturated heterocycles. The third-order valence-corrected chi connectivity index (χ3v) is 3.33. The van der Waals surface area contributed by atoms with Gasteiger partial charge in [0.2, 0.25) is 0 Å². The van der Waals surface area contributed by atoms with Gasteiger partial charge in [-0.3, -0.25) is 4.90 Å². The summed E-state index contributed by atoms with van der Waals surface area (Å²) in [6.07, 6.45) is 0. The van der Waals surface area contributed by atoms with Crippen LogP contribution in [0.4, 0.5) is 0 Å². The van der Waals surface area contributed by atoms with E-state index in [1.54, 1.807) is 7.11 Å². The maximum atomic E-state index is 5.62. The van der Waals surface area contributed by atoms with Crippen LogP contribution in [0.5, 0.6) is 5.75 Å². The lowest BCUT2D eigenvalue weighted by Crippen LogP contribution is -2.43. The first-order valence-corrected chi connectivity index (χ1v) is 6.20. The van der Waals surface area contributed by atoms with Gasteiger partial charge >= 0.3 is 0 Å². The summed E-state index contributed by atoms with van der Waals surface area (Å²) in [5.74, 6) is 0.952. The molecule has 0 aliphatic carbocycles. The fourth-order valence-electron chi connectivity index (χ4n) is 2.44. The van der Waals surface area contributed by atoms with Crippen LogP contribution in [0.25, 0.3) is 0 Å². The van der Waals surface area contributed by atoms with E-state index in [0.717, 1.165) is 25.5 Å². The molecule has 1 fully saturated rings. The van der Waals surface area contributed by atoms with Crippen LogP contribution in [-0.2, 0) is 4.74 Å². The highest BCUT2D eigenvalue weighted by Gasteiger charge is 2.28. The molecule has 1 aromatic rings. The van der Waals surface area contributed by atoms with Crippen LogP contribution in [0.2, 0.25) is 0 Å².